The molecule has 0 aromatic carbocycles. The van der Waals surface area contributed by atoms with Crippen molar-refractivity contribution in [1.82, 2.24) is 9.88 Å². The number of aliphatic hydroxyl groups is 1. The fourth-order valence-corrected chi connectivity index (χ4v) is 2.55. The molecular formula is C15H22ClN3O2. The lowest BCUT2D eigenvalue weighted by atomic mass is 9.93. The maximum Gasteiger partial charge on any atom is 0.254 e. The van der Waals surface area contributed by atoms with Crippen LogP contribution in [0, 0.1) is 0 Å². The smallest absolute Gasteiger partial charge is 0.254 e. The number of amides is 1. The van der Waals surface area contributed by atoms with Crippen LogP contribution in [-0.2, 0) is 0 Å². The molecule has 1 saturated heterocycles. The van der Waals surface area contributed by atoms with Crippen LogP contribution in [0.25, 0.3) is 0 Å². The molecular weight excluding hydrogens is 290 g/mol. The summed E-state index contributed by atoms with van der Waals surface area (Å²) in [6.07, 6.45) is 2.16. The van der Waals surface area contributed by atoms with E-state index in [9.17, 15) is 9.90 Å². The first-order valence-electron chi connectivity index (χ1n) is 7.34. The van der Waals surface area contributed by atoms with Gasteiger partial charge in [-0.3, -0.25) is 4.79 Å². The predicted molar refractivity (Wildman–Crippen MR) is 83.8 cm³/mol. The number of anilines is 1. The number of carbonyl (C=O) groups is 1. The van der Waals surface area contributed by atoms with Crippen LogP contribution in [0.5, 0.6) is 0 Å². The number of aromatic nitrogens is 1. The second kappa shape index (κ2) is 6.62. The molecule has 2 N–H and O–H groups in total. The van der Waals surface area contributed by atoms with E-state index < -0.39 is 5.60 Å². The van der Waals surface area contributed by atoms with Crippen molar-refractivity contribution in [2.24, 2.45) is 0 Å². The summed E-state index contributed by atoms with van der Waals surface area (Å²) < 4.78 is 0. The average molecular weight is 312 g/mol. The molecule has 1 aliphatic heterocycles. The van der Waals surface area contributed by atoms with Crippen LogP contribution in [0.3, 0.4) is 0 Å². The number of halogens is 1. The number of piperidine rings is 1. The summed E-state index contributed by atoms with van der Waals surface area (Å²) >= 11 is 6.00. The maximum absolute atomic E-state index is 12.5. The largest absolute Gasteiger partial charge is 0.390 e. The Labute approximate surface area is 130 Å². The SMILES string of the molecule is CCCNc1cc(C(=O)N2CCC(C)(O)CC2)cc(Cl)n1. The van der Waals surface area contributed by atoms with Crippen molar-refractivity contribution in [3.05, 3.63) is 22.8 Å². The minimum Gasteiger partial charge on any atom is -0.390 e. The fraction of sp³-hybridized carbons (Fsp3) is 0.600. The molecule has 1 aliphatic rings. The van der Waals surface area contributed by atoms with Gasteiger partial charge in [-0.25, -0.2) is 4.98 Å². The summed E-state index contributed by atoms with van der Waals surface area (Å²) in [6, 6.07) is 3.32. The quantitative estimate of drug-likeness (QED) is 0.839. The summed E-state index contributed by atoms with van der Waals surface area (Å²) in [5, 5.41) is 13.4. The van der Waals surface area contributed by atoms with Gasteiger partial charge < -0.3 is 15.3 Å². The zero-order valence-corrected chi connectivity index (χ0v) is 13.3. The Morgan fingerprint density at radius 2 is 2.14 bits per heavy atom. The molecule has 0 spiro atoms. The summed E-state index contributed by atoms with van der Waals surface area (Å²) in [5.74, 6) is 0.561. The maximum atomic E-state index is 12.5. The van der Waals surface area contributed by atoms with Gasteiger partial charge in [0.15, 0.2) is 0 Å². The third kappa shape index (κ3) is 4.32. The highest BCUT2D eigenvalue weighted by atomic mass is 35.5. The molecule has 2 heterocycles. The van der Waals surface area contributed by atoms with E-state index >= 15 is 0 Å². The van der Waals surface area contributed by atoms with Crippen molar-refractivity contribution < 1.29 is 9.90 Å². The molecule has 0 unspecified atom stereocenters. The molecule has 0 aliphatic carbocycles. The molecule has 1 fully saturated rings. The van der Waals surface area contributed by atoms with Gasteiger partial charge in [-0.1, -0.05) is 18.5 Å². The van der Waals surface area contributed by atoms with Crippen molar-refractivity contribution >= 4 is 23.3 Å². The molecule has 0 radical (unpaired) electrons. The molecule has 116 valence electrons. The monoisotopic (exact) mass is 311 g/mol. The third-order valence-electron chi connectivity index (χ3n) is 3.72. The van der Waals surface area contributed by atoms with Crippen LogP contribution in [0.1, 0.15) is 43.5 Å². The van der Waals surface area contributed by atoms with Gasteiger partial charge >= 0.3 is 0 Å². The Bertz CT molecular complexity index is 510. The average Bonchev–Trinajstić information content (AvgIpc) is 2.44. The molecule has 1 amide bonds. The lowest BCUT2D eigenvalue weighted by Gasteiger charge is -2.35. The van der Waals surface area contributed by atoms with Gasteiger partial charge in [-0.2, -0.15) is 0 Å². The first-order valence-corrected chi connectivity index (χ1v) is 7.72. The highest BCUT2D eigenvalue weighted by molar-refractivity contribution is 6.29. The summed E-state index contributed by atoms with van der Waals surface area (Å²) in [6.45, 7) is 5.77. The highest BCUT2D eigenvalue weighted by Crippen LogP contribution is 2.23. The zero-order valence-electron chi connectivity index (χ0n) is 12.5. The Balaban J connectivity index is 2.10. The van der Waals surface area contributed by atoms with E-state index in [-0.39, 0.29) is 5.91 Å². The second-order valence-corrected chi connectivity index (χ2v) is 6.17. The van der Waals surface area contributed by atoms with E-state index in [1.54, 1.807) is 17.0 Å². The Kier molecular flexibility index (Phi) is 5.06. The van der Waals surface area contributed by atoms with Gasteiger partial charge in [0.05, 0.1) is 5.60 Å². The molecule has 0 bridgehead atoms. The number of hydrogen-bond donors (Lipinski definition) is 2. The van der Waals surface area contributed by atoms with E-state index in [1.807, 2.05) is 6.92 Å². The number of rotatable bonds is 4. The standard InChI is InChI=1S/C15H22ClN3O2/c1-3-6-17-13-10-11(9-12(16)18-13)14(20)19-7-4-15(2,21)5-8-19/h9-10,21H,3-8H2,1-2H3,(H,17,18). The van der Waals surface area contributed by atoms with E-state index in [4.69, 9.17) is 11.6 Å². The molecule has 2 rings (SSSR count). The van der Waals surface area contributed by atoms with Crippen molar-refractivity contribution in [3.8, 4) is 0 Å². The summed E-state index contributed by atoms with van der Waals surface area (Å²) in [7, 11) is 0. The van der Waals surface area contributed by atoms with Crippen molar-refractivity contribution in [3.63, 3.8) is 0 Å². The third-order valence-corrected chi connectivity index (χ3v) is 3.92. The van der Waals surface area contributed by atoms with E-state index in [1.165, 1.54) is 0 Å². The highest BCUT2D eigenvalue weighted by Gasteiger charge is 2.30. The number of hydrogen-bond acceptors (Lipinski definition) is 4. The Morgan fingerprint density at radius 3 is 2.76 bits per heavy atom. The molecule has 0 atom stereocenters. The van der Waals surface area contributed by atoms with Crippen molar-refractivity contribution in [2.75, 3.05) is 25.0 Å². The normalized spacial score (nSPS) is 17.6. The molecule has 6 heteroatoms. The van der Waals surface area contributed by atoms with Crippen LogP contribution in [0.15, 0.2) is 12.1 Å². The molecule has 21 heavy (non-hydrogen) atoms. The van der Waals surface area contributed by atoms with E-state index in [0.29, 0.717) is 42.5 Å². The summed E-state index contributed by atoms with van der Waals surface area (Å²) in [4.78, 5) is 18.4. The van der Waals surface area contributed by atoms with Crippen LogP contribution < -0.4 is 5.32 Å². The van der Waals surface area contributed by atoms with Gasteiger partial charge in [-0.15, -0.1) is 0 Å². The van der Waals surface area contributed by atoms with Crippen LogP contribution in [0.2, 0.25) is 5.15 Å². The van der Waals surface area contributed by atoms with Gasteiger partial charge in [0.2, 0.25) is 0 Å². The minimum absolute atomic E-state index is 0.0608. The van der Waals surface area contributed by atoms with Crippen LogP contribution in [0.4, 0.5) is 5.82 Å². The Hall–Kier alpha value is -1.33. The lowest BCUT2D eigenvalue weighted by Crippen LogP contribution is -2.45. The zero-order chi connectivity index (χ0) is 15.5. The Morgan fingerprint density at radius 1 is 1.48 bits per heavy atom. The predicted octanol–water partition coefficient (Wildman–Crippen LogP) is 2.54. The van der Waals surface area contributed by atoms with E-state index in [2.05, 4.69) is 17.2 Å². The molecule has 1 aromatic heterocycles. The van der Waals surface area contributed by atoms with Gasteiger partial charge in [0.1, 0.15) is 11.0 Å². The van der Waals surface area contributed by atoms with Gasteiger partial charge in [0, 0.05) is 25.2 Å². The summed E-state index contributed by atoms with van der Waals surface area (Å²) in [5.41, 5.74) is -0.129. The van der Waals surface area contributed by atoms with Crippen LogP contribution in [-0.4, -0.2) is 46.1 Å². The number of carbonyl (C=O) groups excluding carboxylic acids is 1. The lowest BCUT2D eigenvalue weighted by molar-refractivity contribution is -0.00202. The van der Waals surface area contributed by atoms with E-state index in [0.717, 1.165) is 13.0 Å². The second-order valence-electron chi connectivity index (χ2n) is 5.78. The van der Waals surface area contributed by atoms with Crippen LogP contribution >= 0.6 is 11.6 Å². The van der Waals surface area contributed by atoms with Crippen molar-refractivity contribution in [2.45, 2.75) is 38.7 Å². The first-order chi connectivity index (χ1) is 9.91. The number of pyridine rings is 1. The molecule has 5 nitrogen and oxygen atoms in total. The van der Waals surface area contributed by atoms with Gasteiger partial charge in [0.25, 0.3) is 5.91 Å². The molecule has 1 aromatic rings. The number of nitrogens with zero attached hydrogens (tertiary/aromatic N) is 2. The number of likely N-dealkylation sites (tertiary alicyclic amines) is 1. The fourth-order valence-electron chi connectivity index (χ4n) is 2.34. The number of nitrogens with one attached hydrogen (secondary N) is 1. The topological polar surface area (TPSA) is 65.5 Å². The molecule has 0 saturated carbocycles. The van der Waals surface area contributed by atoms with Crippen molar-refractivity contribution in [1.29, 1.82) is 0 Å². The van der Waals surface area contributed by atoms with Gasteiger partial charge in [-0.05, 0) is 38.3 Å². The minimum atomic E-state index is -0.666. The first kappa shape index (κ1) is 16.0.